The zero-order valence-electron chi connectivity index (χ0n) is 12.6. The van der Waals surface area contributed by atoms with Crippen molar-refractivity contribution < 1.29 is 14.3 Å². The molecule has 22 heavy (non-hydrogen) atoms. The van der Waals surface area contributed by atoms with Gasteiger partial charge in [-0.3, -0.25) is 0 Å². The molecule has 116 valence electrons. The van der Waals surface area contributed by atoms with Crippen LogP contribution in [0.4, 0.5) is 0 Å². The molecule has 0 bridgehead atoms. The maximum atomic E-state index is 12.4. The number of carbonyl (C=O) groups is 1. The Kier molecular flexibility index (Phi) is 4.53. The predicted molar refractivity (Wildman–Crippen MR) is 81.7 cm³/mol. The molecule has 3 rings (SSSR count). The third kappa shape index (κ3) is 3.20. The second-order valence-corrected chi connectivity index (χ2v) is 5.49. The van der Waals surface area contributed by atoms with E-state index < -0.39 is 0 Å². The number of aromatic nitrogens is 2. The fraction of sp³-hybridized carbons (Fsp3) is 0.412. The first-order valence-corrected chi connectivity index (χ1v) is 7.61. The molecule has 5 heteroatoms. The average Bonchev–Trinajstić information content (AvgIpc) is 3.05. The van der Waals surface area contributed by atoms with E-state index in [2.05, 4.69) is 4.98 Å². The van der Waals surface area contributed by atoms with Crippen molar-refractivity contribution in [2.24, 2.45) is 0 Å². The van der Waals surface area contributed by atoms with Gasteiger partial charge in [0, 0.05) is 12.8 Å². The molecule has 1 aromatic heterocycles. The highest BCUT2D eigenvalue weighted by atomic mass is 16.6. The van der Waals surface area contributed by atoms with Crippen molar-refractivity contribution in [1.82, 2.24) is 9.55 Å². The molecule has 2 heterocycles. The quantitative estimate of drug-likeness (QED) is 0.815. The number of nitrogens with zero attached hydrogens (tertiary/aromatic N) is 2. The second kappa shape index (κ2) is 6.75. The Morgan fingerprint density at radius 3 is 2.77 bits per heavy atom. The molecule has 1 fully saturated rings. The Balaban J connectivity index is 1.75. The SMILES string of the molecule is CC(c1ccccc1)n1cncc1C(=O)OC1CCOCC1. The lowest BCUT2D eigenvalue weighted by molar-refractivity contribution is -0.0167. The van der Waals surface area contributed by atoms with Crippen molar-refractivity contribution in [1.29, 1.82) is 0 Å². The Hall–Kier alpha value is -2.14. The number of ether oxygens (including phenoxy) is 2. The van der Waals surface area contributed by atoms with E-state index in [1.54, 1.807) is 12.5 Å². The van der Waals surface area contributed by atoms with E-state index in [1.165, 1.54) is 0 Å². The van der Waals surface area contributed by atoms with Crippen LogP contribution in [0.2, 0.25) is 0 Å². The molecule has 5 nitrogen and oxygen atoms in total. The van der Waals surface area contributed by atoms with Crippen LogP contribution in [0.1, 0.15) is 41.9 Å². The highest BCUT2D eigenvalue weighted by molar-refractivity contribution is 5.87. The first-order valence-electron chi connectivity index (χ1n) is 7.61. The number of rotatable bonds is 4. The van der Waals surface area contributed by atoms with E-state index in [1.807, 2.05) is 41.8 Å². The fourth-order valence-corrected chi connectivity index (χ4v) is 2.67. The van der Waals surface area contributed by atoms with Gasteiger partial charge in [-0.05, 0) is 12.5 Å². The average molecular weight is 300 g/mol. The van der Waals surface area contributed by atoms with Crippen molar-refractivity contribution in [2.45, 2.75) is 31.9 Å². The monoisotopic (exact) mass is 300 g/mol. The highest BCUT2D eigenvalue weighted by Gasteiger charge is 2.23. The van der Waals surface area contributed by atoms with Crippen molar-refractivity contribution in [2.75, 3.05) is 13.2 Å². The van der Waals surface area contributed by atoms with E-state index in [0.29, 0.717) is 18.9 Å². The van der Waals surface area contributed by atoms with Gasteiger partial charge in [-0.15, -0.1) is 0 Å². The number of hydrogen-bond acceptors (Lipinski definition) is 4. The highest BCUT2D eigenvalue weighted by Crippen LogP contribution is 2.21. The number of carbonyl (C=O) groups excluding carboxylic acids is 1. The molecule has 1 aromatic carbocycles. The summed E-state index contributed by atoms with van der Waals surface area (Å²) in [6.45, 7) is 3.34. The molecule has 0 spiro atoms. The summed E-state index contributed by atoms with van der Waals surface area (Å²) >= 11 is 0. The molecule has 1 aliphatic rings. The largest absolute Gasteiger partial charge is 0.457 e. The number of benzene rings is 1. The van der Waals surface area contributed by atoms with Gasteiger partial charge in [0.15, 0.2) is 0 Å². The van der Waals surface area contributed by atoms with E-state index in [0.717, 1.165) is 18.4 Å². The predicted octanol–water partition coefficient (Wildman–Crippen LogP) is 2.83. The van der Waals surface area contributed by atoms with Crippen LogP contribution >= 0.6 is 0 Å². The van der Waals surface area contributed by atoms with E-state index in [-0.39, 0.29) is 18.1 Å². The number of hydrogen-bond donors (Lipinski definition) is 0. The standard InChI is InChI=1S/C17H20N2O3/c1-13(14-5-3-2-4-6-14)19-12-18-11-16(19)17(20)22-15-7-9-21-10-8-15/h2-6,11-13,15H,7-10H2,1H3. The zero-order chi connectivity index (χ0) is 15.4. The maximum absolute atomic E-state index is 12.4. The Morgan fingerprint density at radius 2 is 2.05 bits per heavy atom. The van der Waals surface area contributed by atoms with Gasteiger partial charge in [-0.25, -0.2) is 9.78 Å². The van der Waals surface area contributed by atoms with Crippen LogP contribution in [0, 0.1) is 0 Å². The van der Waals surface area contributed by atoms with Crippen LogP contribution in [0.15, 0.2) is 42.9 Å². The minimum Gasteiger partial charge on any atom is -0.457 e. The molecule has 1 atom stereocenters. The molecule has 1 saturated heterocycles. The van der Waals surface area contributed by atoms with Gasteiger partial charge in [0.05, 0.1) is 31.8 Å². The Labute approximate surface area is 129 Å². The molecule has 0 aliphatic carbocycles. The lowest BCUT2D eigenvalue weighted by Crippen LogP contribution is -2.27. The zero-order valence-corrected chi connectivity index (χ0v) is 12.6. The summed E-state index contributed by atoms with van der Waals surface area (Å²) in [5.74, 6) is -0.313. The van der Waals surface area contributed by atoms with Crippen molar-refractivity contribution in [3.63, 3.8) is 0 Å². The van der Waals surface area contributed by atoms with Gasteiger partial charge >= 0.3 is 5.97 Å². The van der Waals surface area contributed by atoms with Crippen LogP contribution in [0.3, 0.4) is 0 Å². The number of imidazole rings is 1. The van der Waals surface area contributed by atoms with Crippen molar-refractivity contribution in [3.05, 3.63) is 54.1 Å². The summed E-state index contributed by atoms with van der Waals surface area (Å²) in [4.78, 5) is 16.5. The molecule has 2 aromatic rings. The number of esters is 1. The van der Waals surface area contributed by atoms with Crippen LogP contribution in [-0.2, 0) is 9.47 Å². The smallest absolute Gasteiger partial charge is 0.356 e. The molecule has 0 amide bonds. The molecule has 0 saturated carbocycles. The third-order valence-electron chi connectivity index (χ3n) is 4.02. The molecular formula is C17H20N2O3. The van der Waals surface area contributed by atoms with Gasteiger partial charge < -0.3 is 14.0 Å². The van der Waals surface area contributed by atoms with Crippen molar-refractivity contribution in [3.8, 4) is 0 Å². The molecule has 1 unspecified atom stereocenters. The van der Waals surface area contributed by atoms with E-state index >= 15 is 0 Å². The lowest BCUT2D eigenvalue weighted by Gasteiger charge is -2.23. The first-order chi connectivity index (χ1) is 10.8. The third-order valence-corrected chi connectivity index (χ3v) is 4.02. The van der Waals surface area contributed by atoms with E-state index in [4.69, 9.17) is 9.47 Å². The molecular weight excluding hydrogens is 280 g/mol. The summed E-state index contributed by atoms with van der Waals surface area (Å²) < 4.78 is 12.7. The van der Waals surface area contributed by atoms with Gasteiger partial charge in [-0.2, -0.15) is 0 Å². The van der Waals surface area contributed by atoms with Crippen LogP contribution < -0.4 is 0 Å². The Bertz CT molecular complexity index is 618. The minimum absolute atomic E-state index is 0.0286. The molecule has 0 radical (unpaired) electrons. The van der Waals surface area contributed by atoms with Crippen LogP contribution in [0.5, 0.6) is 0 Å². The maximum Gasteiger partial charge on any atom is 0.356 e. The summed E-state index contributed by atoms with van der Waals surface area (Å²) in [6, 6.07) is 10.1. The van der Waals surface area contributed by atoms with Gasteiger partial charge in [-0.1, -0.05) is 30.3 Å². The summed E-state index contributed by atoms with van der Waals surface area (Å²) in [7, 11) is 0. The van der Waals surface area contributed by atoms with Gasteiger partial charge in [0.2, 0.25) is 0 Å². The normalized spacial score (nSPS) is 17.1. The van der Waals surface area contributed by atoms with Crippen LogP contribution in [-0.4, -0.2) is 34.8 Å². The second-order valence-electron chi connectivity index (χ2n) is 5.49. The molecule has 0 N–H and O–H groups in total. The Morgan fingerprint density at radius 1 is 1.32 bits per heavy atom. The fourth-order valence-electron chi connectivity index (χ4n) is 2.67. The van der Waals surface area contributed by atoms with Crippen molar-refractivity contribution >= 4 is 5.97 Å². The molecule has 1 aliphatic heterocycles. The minimum atomic E-state index is -0.313. The van der Waals surface area contributed by atoms with Crippen LogP contribution in [0.25, 0.3) is 0 Å². The topological polar surface area (TPSA) is 53.4 Å². The van der Waals surface area contributed by atoms with Gasteiger partial charge in [0.1, 0.15) is 11.8 Å². The summed E-state index contributed by atoms with van der Waals surface area (Å²) in [6.07, 6.45) is 4.71. The lowest BCUT2D eigenvalue weighted by atomic mass is 10.1. The first kappa shape index (κ1) is 14.8. The summed E-state index contributed by atoms with van der Waals surface area (Å²) in [5, 5.41) is 0. The summed E-state index contributed by atoms with van der Waals surface area (Å²) in [5.41, 5.74) is 1.61. The van der Waals surface area contributed by atoms with E-state index in [9.17, 15) is 4.79 Å². The van der Waals surface area contributed by atoms with Gasteiger partial charge in [0.25, 0.3) is 0 Å².